The fraction of sp³-hybridized carbons (Fsp3) is 0.407. The summed E-state index contributed by atoms with van der Waals surface area (Å²) < 4.78 is 49.5. The van der Waals surface area contributed by atoms with E-state index >= 15 is 0 Å². The molecule has 3 N–H and O–H groups in total. The van der Waals surface area contributed by atoms with Gasteiger partial charge in [0.05, 0.1) is 23.1 Å². The van der Waals surface area contributed by atoms with E-state index in [2.05, 4.69) is 0 Å². The Morgan fingerprint density at radius 2 is 1.66 bits per heavy atom. The van der Waals surface area contributed by atoms with Gasteiger partial charge in [0.2, 0.25) is 0 Å². The average Bonchev–Trinajstić information content (AvgIpc) is 3.24. The highest BCUT2D eigenvalue weighted by Crippen LogP contribution is 2.63. The first-order valence-corrected chi connectivity index (χ1v) is 13.6. The van der Waals surface area contributed by atoms with Crippen molar-refractivity contribution in [3.63, 3.8) is 0 Å². The monoisotopic (exact) mass is 548 g/mol. The molecule has 2 aromatic carbocycles. The Morgan fingerprint density at radius 1 is 1.00 bits per heavy atom. The van der Waals surface area contributed by atoms with Gasteiger partial charge in [-0.25, -0.2) is 9.18 Å². The summed E-state index contributed by atoms with van der Waals surface area (Å²) in [5.74, 6) is -1.18. The van der Waals surface area contributed by atoms with Crippen molar-refractivity contribution in [2.24, 2.45) is 0 Å². The lowest BCUT2D eigenvalue weighted by atomic mass is 9.99. The molecule has 1 aromatic heterocycles. The lowest BCUT2D eigenvalue weighted by molar-refractivity contribution is -0.155. The van der Waals surface area contributed by atoms with Crippen LogP contribution in [0.15, 0.2) is 47.5 Å². The molecule has 1 aliphatic rings. The Balaban J connectivity index is 1.78. The number of nitrogens with zero attached hydrogens (tertiary/aromatic N) is 2. The van der Waals surface area contributed by atoms with E-state index in [1.807, 2.05) is 0 Å². The molecule has 3 aromatic rings. The van der Waals surface area contributed by atoms with Gasteiger partial charge < -0.3 is 14.6 Å². The van der Waals surface area contributed by atoms with Gasteiger partial charge >= 0.3 is 12.1 Å². The SMILES string of the molecule is CC(C)(C)OC(=O)CN1C(CO)c2cc(-c3cn(C(=O)OC(C)(C)C)c4cc(F)ccc34)ccc2S1(O)O. The fourth-order valence-corrected chi connectivity index (χ4v) is 6.30. The summed E-state index contributed by atoms with van der Waals surface area (Å²) in [7, 11) is -3.59. The maximum atomic E-state index is 14.2. The molecule has 4 rings (SSSR count). The molecule has 0 aliphatic carbocycles. The summed E-state index contributed by atoms with van der Waals surface area (Å²) in [5.41, 5.74) is 0.367. The van der Waals surface area contributed by atoms with E-state index in [-0.39, 0.29) is 4.90 Å². The number of aromatic nitrogens is 1. The van der Waals surface area contributed by atoms with E-state index in [0.717, 1.165) is 4.31 Å². The number of ether oxygens (including phenoxy) is 2. The van der Waals surface area contributed by atoms with Crippen LogP contribution in [-0.4, -0.2) is 59.5 Å². The predicted octanol–water partition coefficient (Wildman–Crippen LogP) is 5.95. The van der Waals surface area contributed by atoms with Crippen LogP contribution in [0.25, 0.3) is 22.0 Å². The van der Waals surface area contributed by atoms with Crippen LogP contribution in [0.1, 0.15) is 53.1 Å². The second-order valence-electron chi connectivity index (χ2n) is 11.2. The van der Waals surface area contributed by atoms with Gasteiger partial charge in [-0.2, -0.15) is 4.31 Å². The zero-order chi connectivity index (χ0) is 28.2. The third-order valence-electron chi connectivity index (χ3n) is 5.89. The Labute approximate surface area is 222 Å². The first-order chi connectivity index (χ1) is 17.5. The van der Waals surface area contributed by atoms with Crippen LogP contribution in [0.5, 0.6) is 0 Å². The molecule has 1 aliphatic heterocycles. The number of hydrogen-bond acceptors (Lipinski definition) is 8. The third-order valence-corrected chi connectivity index (χ3v) is 7.88. The Morgan fingerprint density at radius 3 is 2.26 bits per heavy atom. The van der Waals surface area contributed by atoms with Crippen LogP contribution < -0.4 is 0 Å². The van der Waals surface area contributed by atoms with E-state index in [4.69, 9.17) is 9.47 Å². The summed E-state index contributed by atoms with van der Waals surface area (Å²) in [6.45, 7) is 9.39. The van der Waals surface area contributed by atoms with Crippen molar-refractivity contribution in [2.45, 2.75) is 63.7 Å². The lowest BCUT2D eigenvalue weighted by Gasteiger charge is -2.39. The Kier molecular flexibility index (Phi) is 7.13. The molecule has 38 heavy (non-hydrogen) atoms. The summed E-state index contributed by atoms with van der Waals surface area (Å²) in [4.78, 5) is 25.6. The fourth-order valence-electron chi connectivity index (χ4n) is 4.47. The van der Waals surface area contributed by atoms with E-state index < -0.39 is 59.1 Å². The first-order valence-electron chi connectivity index (χ1n) is 12.1. The molecule has 0 saturated carbocycles. The van der Waals surface area contributed by atoms with Crippen molar-refractivity contribution in [2.75, 3.05) is 13.2 Å². The van der Waals surface area contributed by atoms with Gasteiger partial charge in [-0.1, -0.05) is 6.07 Å². The van der Waals surface area contributed by atoms with Gasteiger partial charge in [0.1, 0.15) is 23.6 Å². The first kappa shape index (κ1) is 28.1. The zero-order valence-corrected chi connectivity index (χ0v) is 23.0. The molecule has 0 amide bonds. The van der Waals surface area contributed by atoms with Crippen LogP contribution >= 0.6 is 10.8 Å². The van der Waals surface area contributed by atoms with Crippen LogP contribution in [0, 0.1) is 5.82 Å². The quantitative estimate of drug-likeness (QED) is 0.342. The van der Waals surface area contributed by atoms with Crippen LogP contribution in [-0.2, 0) is 14.3 Å². The minimum atomic E-state index is -3.59. The van der Waals surface area contributed by atoms with E-state index in [9.17, 15) is 28.2 Å². The molecule has 206 valence electrons. The molecule has 0 saturated heterocycles. The largest absolute Gasteiger partial charge is 0.459 e. The van der Waals surface area contributed by atoms with E-state index in [1.54, 1.807) is 65.9 Å². The van der Waals surface area contributed by atoms with Gasteiger partial charge in [0.25, 0.3) is 0 Å². The Bertz CT molecular complexity index is 1400. The molecule has 0 fully saturated rings. The maximum Gasteiger partial charge on any atom is 0.419 e. The van der Waals surface area contributed by atoms with Crippen LogP contribution in [0.4, 0.5) is 9.18 Å². The van der Waals surface area contributed by atoms with Gasteiger partial charge in [-0.3, -0.25) is 18.5 Å². The lowest BCUT2D eigenvalue weighted by Crippen LogP contribution is -2.36. The number of hydrogen-bond donors (Lipinski definition) is 3. The van der Waals surface area contributed by atoms with Crippen molar-refractivity contribution in [1.82, 2.24) is 8.87 Å². The summed E-state index contributed by atoms with van der Waals surface area (Å²) in [6, 6.07) is 8.05. The summed E-state index contributed by atoms with van der Waals surface area (Å²) >= 11 is 0. The molecular formula is C27H33FN2O7S. The molecule has 2 heterocycles. The third kappa shape index (κ3) is 5.43. The molecule has 0 radical (unpaired) electrons. The molecule has 0 bridgehead atoms. The number of benzene rings is 2. The van der Waals surface area contributed by atoms with Crippen molar-refractivity contribution in [3.8, 4) is 11.1 Å². The van der Waals surface area contributed by atoms with Gasteiger partial charge in [0, 0.05) is 17.1 Å². The highest BCUT2D eigenvalue weighted by molar-refractivity contribution is 8.22. The number of fused-ring (bicyclic) bond motifs is 2. The molecule has 1 unspecified atom stereocenters. The van der Waals surface area contributed by atoms with Crippen molar-refractivity contribution >= 4 is 33.7 Å². The molecule has 1 atom stereocenters. The topological polar surface area (TPSA) is 121 Å². The number of aliphatic hydroxyl groups is 1. The predicted molar refractivity (Wildman–Crippen MR) is 142 cm³/mol. The molecule has 11 heteroatoms. The van der Waals surface area contributed by atoms with E-state index in [1.165, 1.54) is 22.8 Å². The standard InChI is InChI=1S/C27H33FN2O7S/c1-26(2,3)36-24(32)14-30-22(15-31)19-11-16(7-10-23(19)38(30,34)35)20-13-29(25(33)37-27(4,5)6)21-12-17(28)8-9-18(20)21/h7-13,22,31,34-35H,14-15H2,1-6H3. The van der Waals surface area contributed by atoms with Crippen molar-refractivity contribution in [1.29, 1.82) is 0 Å². The van der Waals surface area contributed by atoms with Crippen molar-refractivity contribution in [3.05, 3.63) is 54.0 Å². The molecule has 0 spiro atoms. The van der Waals surface area contributed by atoms with Crippen LogP contribution in [0.2, 0.25) is 0 Å². The van der Waals surface area contributed by atoms with Gasteiger partial charge in [-0.05, 0) is 83.0 Å². The average molecular weight is 549 g/mol. The zero-order valence-electron chi connectivity index (χ0n) is 22.2. The van der Waals surface area contributed by atoms with Gasteiger partial charge in [-0.15, -0.1) is 10.8 Å². The number of aliphatic hydroxyl groups excluding tert-OH is 1. The smallest absolute Gasteiger partial charge is 0.419 e. The maximum absolute atomic E-state index is 14.2. The minimum Gasteiger partial charge on any atom is -0.459 e. The highest BCUT2D eigenvalue weighted by Gasteiger charge is 2.44. The van der Waals surface area contributed by atoms with Crippen LogP contribution in [0.3, 0.4) is 0 Å². The van der Waals surface area contributed by atoms with Gasteiger partial charge in [0.15, 0.2) is 0 Å². The number of esters is 1. The molecular weight excluding hydrogens is 515 g/mol. The summed E-state index contributed by atoms with van der Waals surface area (Å²) in [6.07, 6.45) is 0.866. The highest BCUT2D eigenvalue weighted by atomic mass is 32.3. The number of rotatable bonds is 4. The minimum absolute atomic E-state index is 0.186. The second kappa shape index (κ2) is 9.65. The number of halogens is 1. The second-order valence-corrected chi connectivity index (χ2v) is 13.1. The number of carbonyl (C=O) groups excluding carboxylic acids is 2. The molecule has 9 nitrogen and oxygen atoms in total. The Hall–Kier alpha value is -2.96. The number of carbonyl (C=O) groups is 2. The van der Waals surface area contributed by atoms with Crippen molar-refractivity contribution < 1.29 is 37.7 Å². The normalized spacial score (nSPS) is 18.3. The summed E-state index contributed by atoms with van der Waals surface area (Å²) in [5, 5.41) is 10.8. The van der Waals surface area contributed by atoms with E-state index in [0.29, 0.717) is 27.6 Å².